The highest BCUT2D eigenvalue weighted by Gasteiger charge is 2.15. The number of carbonyl (C=O) groups is 1. The molecule has 0 bridgehead atoms. The fraction of sp³-hybridized carbons (Fsp3) is 0.583. The molecule has 0 radical (unpaired) electrons. The van der Waals surface area contributed by atoms with Gasteiger partial charge in [-0.2, -0.15) is 0 Å². The molecule has 0 spiro atoms. The van der Waals surface area contributed by atoms with Crippen LogP contribution in [0.15, 0.2) is 17.5 Å². The van der Waals surface area contributed by atoms with E-state index in [1.165, 1.54) is 37.3 Å². The average Bonchev–Trinajstić information content (AvgIpc) is 2.96. The summed E-state index contributed by atoms with van der Waals surface area (Å²) in [5.41, 5.74) is 0. The first-order valence-corrected chi connectivity index (χ1v) is 6.66. The van der Waals surface area contributed by atoms with Crippen molar-refractivity contribution in [2.75, 3.05) is 33.2 Å². The fourth-order valence-corrected chi connectivity index (χ4v) is 2.71. The van der Waals surface area contributed by atoms with Gasteiger partial charge in [-0.1, -0.05) is 6.07 Å². The molecule has 0 aromatic carbocycles. The molecular formula is C12H18N2OS. The molecule has 1 fully saturated rings. The molecular weight excluding hydrogens is 220 g/mol. The first-order valence-electron chi connectivity index (χ1n) is 5.79. The summed E-state index contributed by atoms with van der Waals surface area (Å²) in [4.78, 5) is 17.0. The summed E-state index contributed by atoms with van der Waals surface area (Å²) in [6.07, 6.45) is 2.62. The van der Waals surface area contributed by atoms with Crippen molar-refractivity contribution in [3.8, 4) is 0 Å². The highest BCUT2D eigenvalue weighted by atomic mass is 32.1. The lowest BCUT2D eigenvalue weighted by Crippen LogP contribution is -2.34. The Morgan fingerprint density at radius 1 is 1.50 bits per heavy atom. The topological polar surface area (TPSA) is 23.6 Å². The minimum atomic E-state index is 0.147. The summed E-state index contributed by atoms with van der Waals surface area (Å²) >= 11 is 1.51. The SMILES string of the molecule is CN(CCN1CCCC1)C(=O)c1cccs1. The molecule has 0 atom stereocenters. The summed E-state index contributed by atoms with van der Waals surface area (Å²) in [7, 11) is 1.89. The molecule has 0 N–H and O–H groups in total. The van der Waals surface area contributed by atoms with Crippen molar-refractivity contribution in [3.63, 3.8) is 0 Å². The van der Waals surface area contributed by atoms with E-state index in [9.17, 15) is 4.79 Å². The van der Waals surface area contributed by atoms with Crippen LogP contribution in [0.4, 0.5) is 0 Å². The zero-order chi connectivity index (χ0) is 11.4. The first kappa shape index (κ1) is 11.6. The van der Waals surface area contributed by atoms with Gasteiger partial charge in [-0.3, -0.25) is 4.79 Å². The summed E-state index contributed by atoms with van der Waals surface area (Å²) in [6.45, 7) is 4.23. The van der Waals surface area contributed by atoms with Crippen LogP contribution in [0.25, 0.3) is 0 Å². The smallest absolute Gasteiger partial charge is 0.263 e. The third kappa shape index (κ3) is 2.83. The van der Waals surface area contributed by atoms with Crippen LogP contribution in [0, 0.1) is 0 Å². The molecule has 1 amide bonds. The average molecular weight is 238 g/mol. The van der Waals surface area contributed by atoms with Gasteiger partial charge < -0.3 is 9.80 Å². The van der Waals surface area contributed by atoms with Crippen LogP contribution in [-0.4, -0.2) is 48.9 Å². The molecule has 1 aliphatic rings. The number of nitrogens with zero attached hydrogens (tertiary/aromatic N) is 2. The van der Waals surface area contributed by atoms with E-state index in [1.807, 2.05) is 29.5 Å². The van der Waals surface area contributed by atoms with Gasteiger partial charge in [0.1, 0.15) is 0 Å². The number of hydrogen-bond donors (Lipinski definition) is 0. The zero-order valence-electron chi connectivity index (χ0n) is 9.69. The summed E-state index contributed by atoms with van der Waals surface area (Å²) in [6, 6.07) is 3.81. The van der Waals surface area contributed by atoms with Crippen LogP contribution in [0.2, 0.25) is 0 Å². The van der Waals surface area contributed by atoms with Crippen molar-refractivity contribution >= 4 is 17.2 Å². The normalized spacial score (nSPS) is 16.6. The molecule has 1 aromatic heterocycles. The zero-order valence-corrected chi connectivity index (χ0v) is 10.5. The predicted molar refractivity (Wildman–Crippen MR) is 67.0 cm³/mol. The van der Waals surface area contributed by atoms with Gasteiger partial charge in [0.25, 0.3) is 5.91 Å². The number of thiophene rings is 1. The Morgan fingerprint density at radius 3 is 2.88 bits per heavy atom. The molecule has 2 heterocycles. The second-order valence-electron chi connectivity index (χ2n) is 4.25. The van der Waals surface area contributed by atoms with Crippen LogP contribution >= 0.6 is 11.3 Å². The quantitative estimate of drug-likeness (QED) is 0.800. The van der Waals surface area contributed by atoms with E-state index in [0.717, 1.165) is 18.0 Å². The van der Waals surface area contributed by atoms with Crippen molar-refractivity contribution < 1.29 is 4.79 Å². The van der Waals surface area contributed by atoms with Crippen molar-refractivity contribution in [2.24, 2.45) is 0 Å². The maximum absolute atomic E-state index is 11.9. The molecule has 4 heteroatoms. The highest BCUT2D eigenvalue weighted by molar-refractivity contribution is 7.12. The Hall–Kier alpha value is -0.870. The van der Waals surface area contributed by atoms with Gasteiger partial charge in [0, 0.05) is 20.1 Å². The number of likely N-dealkylation sites (N-methyl/N-ethyl adjacent to an activating group) is 1. The van der Waals surface area contributed by atoms with E-state index >= 15 is 0 Å². The first-order chi connectivity index (χ1) is 7.77. The van der Waals surface area contributed by atoms with Crippen molar-refractivity contribution in [1.82, 2.24) is 9.80 Å². The van der Waals surface area contributed by atoms with Gasteiger partial charge in [0.05, 0.1) is 4.88 Å². The standard InChI is InChI=1S/C12H18N2OS/c1-13(8-9-14-6-2-3-7-14)12(15)11-5-4-10-16-11/h4-5,10H,2-3,6-9H2,1H3. The van der Waals surface area contributed by atoms with Gasteiger partial charge in [-0.15, -0.1) is 11.3 Å². The van der Waals surface area contributed by atoms with E-state index in [4.69, 9.17) is 0 Å². The Morgan fingerprint density at radius 2 is 2.25 bits per heavy atom. The molecule has 3 nitrogen and oxygen atoms in total. The van der Waals surface area contributed by atoms with Gasteiger partial charge >= 0.3 is 0 Å². The highest BCUT2D eigenvalue weighted by Crippen LogP contribution is 2.11. The van der Waals surface area contributed by atoms with Crippen LogP contribution in [0.1, 0.15) is 22.5 Å². The van der Waals surface area contributed by atoms with Gasteiger partial charge in [0.2, 0.25) is 0 Å². The number of hydrogen-bond acceptors (Lipinski definition) is 3. The maximum Gasteiger partial charge on any atom is 0.263 e. The minimum absolute atomic E-state index is 0.147. The van der Waals surface area contributed by atoms with Gasteiger partial charge in [-0.05, 0) is 37.4 Å². The lowest BCUT2D eigenvalue weighted by Gasteiger charge is -2.20. The maximum atomic E-state index is 11.9. The predicted octanol–water partition coefficient (Wildman–Crippen LogP) is 1.92. The molecule has 1 aromatic rings. The molecule has 0 aliphatic carbocycles. The van der Waals surface area contributed by atoms with Crippen molar-refractivity contribution in [3.05, 3.63) is 22.4 Å². The molecule has 0 saturated carbocycles. The number of carbonyl (C=O) groups excluding carboxylic acids is 1. The van der Waals surface area contributed by atoms with Crippen LogP contribution in [0.5, 0.6) is 0 Å². The van der Waals surface area contributed by atoms with E-state index < -0.39 is 0 Å². The lowest BCUT2D eigenvalue weighted by molar-refractivity contribution is 0.0787. The van der Waals surface area contributed by atoms with E-state index in [2.05, 4.69) is 4.90 Å². The third-order valence-electron chi connectivity index (χ3n) is 3.03. The molecule has 1 aliphatic heterocycles. The summed E-state index contributed by atoms with van der Waals surface area (Å²) in [5.74, 6) is 0.147. The molecule has 2 rings (SSSR count). The minimum Gasteiger partial charge on any atom is -0.340 e. The molecule has 0 unspecified atom stereocenters. The molecule has 1 saturated heterocycles. The second kappa shape index (κ2) is 5.46. The second-order valence-corrected chi connectivity index (χ2v) is 5.20. The monoisotopic (exact) mass is 238 g/mol. The largest absolute Gasteiger partial charge is 0.340 e. The van der Waals surface area contributed by atoms with Gasteiger partial charge in [0.15, 0.2) is 0 Å². The summed E-state index contributed by atoms with van der Waals surface area (Å²) in [5, 5.41) is 1.95. The number of likely N-dealkylation sites (tertiary alicyclic amines) is 1. The van der Waals surface area contributed by atoms with Crippen LogP contribution < -0.4 is 0 Å². The number of amides is 1. The lowest BCUT2D eigenvalue weighted by atomic mass is 10.4. The van der Waals surface area contributed by atoms with Crippen molar-refractivity contribution in [1.29, 1.82) is 0 Å². The van der Waals surface area contributed by atoms with Crippen LogP contribution in [0.3, 0.4) is 0 Å². The Kier molecular flexibility index (Phi) is 3.96. The molecule has 88 valence electrons. The van der Waals surface area contributed by atoms with Gasteiger partial charge in [-0.25, -0.2) is 0 Å². The van der Waals surface area contributed by atoms with Crippen LogP contribution in [-0.2, 0) is 0 Å². The summed E-state index contributed by atoms with van der Waals surface area (Å²) < 4.78 is 0. The Labute approximate surface area is 101 Å². The Balaban J connectivity index is 1.78. The third-order valence-corrected chi connectivity index (χ3v) is 3.89. The fourth-order valence-electron chi connectivity index (χ4n) is 1.99. The number of rotatable bonds is 4. The Bertz CT molecular complexity index is 331. The molecule has 16 heavy (non-hydrogen) atoms. The van der Waals surface area contributed by atoms with Crippen molar-refractivity contribution in [2.45, 2.75) is 12.8 Å². The van der Waals surface area contributed by atoms with E-state index in [1.54, 1.807) is 0 Å². The van der Waals surface area contributed by atoms with E-state index in [0.29, 0.717) is 0 Å². The van der Waals surface area contributed by atoms with E-state index in [-0.39, 0.29) is 5.91 Å².